The maximum Gasteiger partial charge on any atom is 0.339 e. The molecule has 1 N–H and O–H groups in total. The van der Waals surface area contributed by atoms with E-state index in [0.717, 1.165) is 16.5 Å². The Bertz CT molecular complexity index is 1170. The molecule has 0 fully saturated rings. The van der Waals surface area contributed by atoms with Crippen molar-refractivity contribution in [3.8, 4) is 0 Å². The van der Waals surface area contributed by atoms with Crippen molar-refractivity contribution in [3.05, 3.63) is 82.4 Å². The molecule has 0 atom stereocenters. The number of ether oxygens (including phenoxy) is 1. The Hall–Kier alpha value is -3.34. The molecule has 130 valence electrons. The molecule has 2 heterocycles. The van der Waals surface area contributed by atoms with Gasteiger partial charge >= 0.3 is 5.97 Å². The van der Waals surface area contributed by atoms with Crippen LogP contribution in [0.5, 0.6) is 0 Å². The van der Waals surface area contributed by atoms with Crippen LogP contribution in [0.15, 0.2) is 65.7 Å². The number of aromatic nitrogens is 2. The number of H-pyrrole nitrogens is 1. The molecule has 0 amide bonds. The minimum Gasteiger partial charge on any atom is -0.465 e. The summed E-state index contributed by atoms with van der Waals surface area (Å²) in [6.45, 7) is 0.482. The summed E-state index contributed by atoms with van der Waals surface area (Å²) < 4.78 is 6.48. The predicted octanol–water partition coefficient (Wildman–Crippen LogP) is 3.51. The van der Waals surface area contributed by atoms with Crippen LogP contribution in [0.25, 0.3) is 21.7 Å². The van der Waals surface area contributed by atoms with Gasteiger partial charge in [-0.15, -0.1) is 0 Å². The molecule has 26 heavy (non-hydrogen) atoms. The average molecular weight is 346 g/mol. The first-order chi connectivity index (χ1) is 12.7. The zero-order valence-electron chi connectivity index (χ0n) is 14.4. The molecule has 0 aliphatic carbocycles. The number of aromatic amines is 1. The summed E-state index contributed by atoms with van der Waals surface area (Å²) in [5.74, 6) is -0.443. The third-order valence-electron chi connectivity index (χ3n) is 4.70. The van der Waals surface area contributed by atoms with Crippen molar-refractivity contribution in [2.45, 2.75) is 13.0 Å². The quantitative estimate of drug-likeness (QED) is 0.575. The summed E-state index contributed by atoms with van der Waals surface area (Å²) in [6, 6.07) is 15.2. The first-order valence-electron chi connectivity index (χ1n) is 8.44. The number of aryl methyl sites for hydroxylation is 2. The highest BCUT2D eigenvalue weighted by Gasteiger charge is 2.15. The summed E-state index contributed by atoms with van der Waals surface area (Å²) in [5.41, 5.74) is 2.51. The van der Waals surface area contributed by atoms with Gasteiger partial charge in [0.2, 0.25) is 0 Å². The molecule has 0 aliphatic heterocycles. The van der Waals surface area contributed by atoms with Crippen molar-refractivity contribution in [1.82, 2.24) is 9.55 Å². The summed E-state index contributed by atoms with van der Waals surface area (Å²) in [5, 5.41) is 2.29. The van der Waals surface area contributed by atoms with Crippen LogP contribution in [0.1, 0.15) is 15.9 Å². The Morgan fingerprint density at radius 2 is 1.73 bits per heavy atom. The molecular formula is C21H18N2O3. The number of benzene rings is 2. The Labute approximate surface area is 149 Å². The van der Waals surface area contributed by atoms with Crippen LogP contribution < -0.4 is 5.56 Å². The number of nitrogens with zero attached hydrogens (tertiary/aromatic N) is 1. The van der Waals surface area contributed by atoms with E-state index in [0.29, 0.717) is 29.3 Å². The summed E-state index contributed by atoms with van der Waals surface area (Å²) in [7, 11) is 1.35. The van der Waals surface area contributed by atoms with Gasteiger partial charge in [0.25, 0.3) is 5.56 Å². The van der Waals surface area contributed by atoms with Gasteiger partial charge in [-0.2, -0.15) is 0 Å². The van der Waals surface area contributed by atoms with Crippen molar-refractivity contribution in [3.63, 3.8) is 0 Å². The van der Waals surface area contributed by atoms with Crippen molar-refractivity contribution >= 4 is 27.6 Å². The van der Waals surface area contributed by atoms with E-state index in [1.165, 1.54) is 7.11 Å². The Morgan fingerprint density at radius 3 is 2.50 bits per heavy atom. The van der Waals surface area contributed by atoms with Gasteiger partial charge in [0, 0.05) is 40.6 Å². The standard InChI is InChI=1S/C21H18N2O3/c1-26-21(25)18-13-23(20(24)17-8-3-2-7-16(17)18)11-10-14-12-22-19-9-5-4-6-15(14)19/h2-9,12-13,22H,10-11H2,1H3. The number of pyridine rings is 1. The molecule has 5 heteroatoms. The number of nitrogens with one attached hydrogen (secondary N) is 1. The molecule has 0 spiro atoms. The number of carbonyl (C=O) groups is 1. The van der Waals surface area contributed by atoms with Crippen LogP contribution in [-0.2, 0) is 17.7 Å². The number of rotatable bonds is 4. The molecule has 5 nitrogen and oxygen atoms in total. The fraction of sp³-hybridized carbons (Fsp3) is 0.143. The first kappa shape index (κ1) is 16.1. The Kier molecular flexibility index (Phi) is 4.05. The first-order valence-corrected chi connectivity index (χ1v) is 8.44. The lowest BCUT2D eigenvalue weighted by Gasteiger charge is -2.11. The van der Waals surface area contributed by atoms with Crippen LogP contribution in [-0.4, -0.2) is 22.6 Å². The molecular weight excluding hydrogens is 328 g/mol. The number of methoxy groups -OCH3 is 1. The van der Waals surface area contributed by atoms with E-state index >= 15 is 0 Å². The minimum absolute atomic E-state index is 0.104. The second kappa shape index (κ2) is 6.52. The Balaban J connectivity index is 1.75. The van der Waals surface area contributed by atoms with Gasteiger partial charge in [-0.05, 0) is 24.1 Å². The van der Waals surface area contributed by atoms with Gasteiger partial charge in [-0.1, -0.05) is 36.4 Å². The van der Waals surface area contributed by atoms with E-state index in [2.05, 4.69) is 11.1 Å². The molecule has 4 rings (SSSR count). The SMILES string of the molecule is COC(=O)c1cn(CCc2c[nH]c3ccccc23)c(=O)c2ccccc12. The van der Waals surface area contributed by atoms with E-state index < -0.39 is 5.97 Å². The highest BCUT2D eigenvalue weighted by Crippen LogP contribution is 2.20. The van der Waals surface area contributed by atoms with Crippen molar-refractivity contribution in [1.29, 1.82) is 0 Å². The van der Waals surface area contributed by atoms with Gasteiger partial charge in [-0.3, -0.25) is 4.79 Å². The summed E-state index contributed by atoms with van der Waals surface area (Å²) in [4.78, 5) is 28.2. The topological polar surface area (TPSA) is 64.1 Å². The Morgan fingerprint density at radius 1 is 1.04 bits per heavy atom. The average Bonchev–Trinajstić information content (AvgIpc) is 3.10. The van der Waals surface area contributed by atoms with Crippen molar-refractivity contribution in [2.75, 3.05) is 7.11 Å². The molecule has 0 unspecified atom stereocenters. The lowest BCUT2D eigenvalue weighted by atomic mass is 10.1. The lowest BCUT2D eigenvalue weighted by molar-refractivity contribution is 0.0602. The molecule has 0 radical (unpaired) electrons. The van der Waals surface area contributed by atoms with Crippen molar-refractivity contribution in [2.24, 2.45) is 0 Å². The van der Waals surface area contributed by atoms with E-state index in [1.54, 1.807) is 29.0 Å². The van der Waals surface area contributed by atoms with Crippen LogP contribution in [0, 0.1) is 0 Å². The summed E-state index contributed by atoms with van der Waals surface area (Å²) in [6.07, 6.45) is 4.26. The van der Waals surface area contributed by atoms with Gasteiger partial charge in [0.05, 0.1) is 12.7 Å². The highest BCUT2D eigenvalue weighted by molar-refractivity contribution is 6.03. The van der Waals surface area contributed by atoms with Gasteiger partial charge < -0.3 is 14.3 Å². The second-order valence-electron chi connectivity index (χ2n) is 6.19. The zero-order valence-corrected chi connectivity index (χ0v) is 14.4. The predicted molar refractivity (Wildman–Crippen MR) is 102 cm³/mol. The normalized spacial score (nSPS) is 11.1. The third-order valence-corrected chi connectivity index (χ3v) is 4.70. The zero-order chi connectivity index (χ0) is 18.1. The molecule has 2 aromatic heterocycles. The largest absolute Gasteiger partial charge is 0.465 e. The molecule has 0 saturated heterocycles. The van der Waals surface area contributed by atoms with Gasteiger partial charge in [0.15, 0.2) is 0 Å². The molecule has 0 bridgehead atoms. The van der Waals surface area contributed by atoms with E-state index in [9.17, 15) is 9.59 Å². The highest BCUT2D eigenvalue weighted by atomic mass is 16.5. The number of fused-ring (bicyclic) bond motifs is 2. The number of hydrogen-bond donors (Lipinski definition) is 1. The van der Waals surface area contributed by atoms with Crippen LogP contribution >= 0.6 is 0 Å². The third kappa shape index (κ3) is 2.67. The van der Waals surface area contributed by atoms with Gasteiger partial charge in [0.1, 0.15) is 0 Å². The fourth-order valence-corrected chi connectivity index (χ4v) is 3.36. The fourth-order valence-electron chi connectivity index (χ4n) is 3.36. The number of hydrogen-bond acceptors (Lipinski definition) is 3. The van der Waals surface area contributed by atoms with E-state index in [1.807, 2.05) is 30.5 Å². The maximum atomic E-state index is 12.8. The van der Waals surface area contributed by atoms with Crippen molar-refractivity contribution < 1.29 is 9.53 Å². The van der Waals surface area contributed by atoms with Gasteiger partial charge in [-0.25, -0.2) is 4.79 Å². The molecule has 4 aromatic rings. The second-order valence-corrected chi connectivity index (χ2v) is 6.19. The number of carbonyl (C=O) groups excluding carboxylic acids is 1. The maximum absolute atomic E-state index is 12.8. The van der Waals surface area contributed by atoms with Crippen LogP contribution in [0.2, 0.25) is 0 Å². The summed E-state index contributed by atoms with van der Waals surface area (Å²) >= 11 is 0. The number of para-hydroxylation sites is 1. The minimum atomic E-state index is -0.443. The van der Waals surface area contributed by atoms with E-state index in [-0.39, 0.29) is 5.56 Å². The smallest absolute Gasteiger partial charge is 0.339 e. The number of esters is 1. The molecule has 0 saturated carbocycles. The molecule has 2 aromatic carbocycles. The monoisotopic (exact) mass is 346 g/mol. The lowest BCUT2D eigenvalue weighted by Crippen LogP contribution is -2.23. The van der Waals surface area contributed by atoms with Crippen LogP contribution in [0.4, 0.5) is 0 Å². The van der Waals surface area contributed by atoms with Crippen LogP contribution in [0.3, 0.4) is 0 Å². The molecule has 0 aliphatic rings. The van der Waals surface area contributed by atoms with E-state index in [4.69, 9.17) is 4.74 Å².